The van der Waals surface area contributed by atoms with E-state index in [9.17, 15) is 22.8 Å². The van der Waals surface area contributed by atoms with Crippen molar-refractivity contribution < 1.29 is 22.8 Å². The van der Waals surface area contributed by atoms with Gasteiger partial charge in [0.15, 0.2) is 0 Å². The molecule has 0 heterocycles. The van der Waals surface area contributed by atoms with Crippen LogP contribution in [0.2, 0.25) is 0 Å². The molecule has 2 aromatic rings. The second kappa shape index (κ2) is 8.23. The fraction of sp³-hybridized carbons (Fsp3) is 0.167. The van der Waals surface area contributed by atoms with Gasteiger partial charge in [0, 0.05) is 19.0 Å². The van der Waals surface area contributed by atoms with Gasteiger partial charge in [-0.15, -0.1) is 0 Å². The van der Waals surface area contributed by atoms with Gasteiger partial charge in [0.25, 0.3) is 5.91 Å². The van der Waals surface area contributed by atoms with Crippen molar-refractivity contribution in [1.82, 2.24) is 10.7 Å². The largest absolute Gasteiger partial charge is 0.418 e. The fourth-order valence-corrected chi connectivity index (χ4v) is 2.15. The van der Waals surface area contributed by atoms with Crippen LogP contribution in [0.3, 0.4) is 0 Å². The maximum atomic E-state index is 13.1. The molecule has 0 aliphatic rings. The van der Waals surface area contributed by atoms with Crippen molar-refractivity contribution in [3.63, 3.8) is 0 Å². The van der Waals surface area contributed by atoms with Gasteiger partial charge < -0.3 is 5.32 Å². The third-order valence-electron chi connectivity index (χ3n) is 3.52. The van der Waals surface area contributed by atoms with Crippen molar-refractivity contribution in [2.75, 3.05) is 5.43 Å². The van der Waals surface area contributed by atoms with Crippen LogP contribution in [0.1, 0.15) is 34.0 Å². The lowest BCUT2D eigenvalue weighted by atomic mass is 10.1. The molecule has 9 heteroatoms. The molecule has 27 heavy (non-hydrogen) atoms. The number of nitrogens with one attached hydrogen (secondary N) is 3. The van der Waals surface area contributed by atoms with Gasteiger partial charge in [-0.05, 0) is 35.9 Å². The number of anilines is 1. The van der Waals surface area contributed by atoms with Crippen molar-refractivity contribution in [1.29, 1.82) is 5.26 Å². The summed E-state index contributed by atoms with van der Waals surface area (Å²) in [5.74, 6) is -0.831. The monoisotopic (exact) mass is 376 g/mol. The molecule has 2 amide bonds. The number of hydrogen-bond acceptors (Lipinski definition) is 4. The third kappa shape index (κ3) is 5.47. The first-order valence-electron chi connectivity index (χ1n) is 7.72. The molecule has 2 rings (SSSR count). The fourth-order valence-electron chi connectivity index (χ4n) is 2.15. The molecule has 0 aromatic heterocycles. The molecule has 0 radical (unpaired) electrons. The van der Waals surface area contributed by atoms with E-state index in [0.29, 0.717) is 12.6 Å². The molecule has 0 unspecified atom stereocenters. The van der Waals surface area contributed by atoms with Gasteiger partial charge >= 0.3 is 6.18 Å². The van der Waals surface area contributed by atoms with Gasteiger partial charge in [-0.1, -0.05) is 12.1 Å². The second-order valence-electron chi connectivity index (χ2n) is 5.56. The van der Waals surface area contributed by atoms with E-state index in [-0.39, 0.29) is 22.7 Å². The molecule has 0 saturated carbocycles. The minimum atomic E-state index is -4.69. The lowest BCUT2D eigenvalue weighted by Crippen LogP contribution is -2.30. The maximum Gasteiger partial charge on any atom is 0.418 e. The van der Waals surface area contributed by atoms with Gasteiger partial charge in [0.2, 0.25) is 5.91 Å². The van der Waals surface area contributed by atoms with Crippen LogP contribution in [0.25, 0.3) is 0 Å². The van der Waals surface area contributed by atoms with Crippen molar-refractivity contribution in [2.45, 2.75) is 19.6 Å². The van der Waals surface area contributed by atoms with E-state index >= 15 is 0 Å². The SMILES string of the molecule is CC(=O)NCc1ccc(C(=O)NNc2ccc(C#N)cc2C(F)(F)F)cc1. The summed E-state index contributed by atoms with van der Waals surface area (Å²) in [6.45, 7) is 1.68. The number of rotatable bonds is 5. The van der Waals surface area contributed by atoms with Crippen LogP contribution < -0.4 is 16.2 Å². The van der Waals surface area contributed by atoms with Crippen LogP contribution in [0.15, 0.2) is 42.5 Å². The van der Waals surface area contributed by atoms with Gasteiger partial charge in [-0.25, -0.2) is 0 Å². The molecule has 0 aliphatic carbocycles. The van der Waals surface area contributed by atoms with Crippen molar-refractivity contribution in [3.8, 4) is 6.07 Å². The summed E-state index contributed by atoms with van der Waals surface area (Å²) in [5.41, 5.74) is 3.83. The first kappa shape index (κ1) is 19.8. The molecule has 3 N–H and O–H groups in total. The van der Waals surface area contributed by atoms with Gasteiger partial charge in [0.05, 0.1) is 22.9 Å². The Hall–Kier alpha value is -3.54. The topological polar surface area (TPSA) is 94.0 Å². The number of carbonyl (C=O) groups is 2. The second-order valence-corrected chi connectivity index (χ2v) is 5.56. The Bertz CT molecular complexity index is 887. The van der Waals surface area contributed by atoms with Crippen LogP contribution in [0.5, 0.6) is 0 Å². The first-order chi connectivity index (χ1) is 12.7. The lowest BCUT2D eigenvalue weighted by Gasteiger charge is -2.15. The van der Waals surface area contributed by atoms with Gasteiger partial charge in [0.1, 0.15) is 0 Å². The highest BCUT2D eigenvalue weighted by molar-refractivity contribution is 5.95. The smallest absolute Gasteiger partial charge is 0.352 e. The van der Waals surface area contributed by atoms with Crippen molar-refractivity contribution in [2.24, 2.45) is 0 Å². The summed E-state index contributed by atoms with van der Waals surface area (Å²) in [5, 5.41) is 11.4. The summed E-state index contributed by atoms with van der Waals surface area (Å²) >= 11 is 0. The third-order valence-corrected chi connectivity index (χ3v) is 3.52. The average Bonchev–Trinajstić information content (AvgIpc) is 2.64. The number of alkyl halides is 3. The minimum absolute atomic E-state index is 0.144. The molecule has 140 valence electrons. The molecule has 0 spiro atoms. The molecule has 0 bridgehead atoms. The number of hydrogen-bond donors (Lipinski definition) is 3. The van der Waals surface area contributed by atoms with Crippen LogP contribution in [-0.2, 0) is 17.5 Å². The molecule has 0 atom stereocenters. The lowest BCUT2D eigenvalue weighted by molar-refractivity contribution is -0.137. The summed E-state index contributed by atoms with van der Waals surface area (Å²) in [4.78, 5) is 23.0. The van der Waals surface area contributed by atoms with Gasteiger partial charge in [-0.3, -0.25) is 20.4 Å². The standard InChI is InChI=1S/C18H15F3N4O2/c1-11(26)23-10-12-2-5-14(6-3-12)17(27)25-24-16-7-4-13(9-22)8-15(16)18(19,20)21/h2-8,24H,10H2,1H3,(H,23,26)(H,25,27). The van der Waals surface area contributed by atoms with Crippen LogP contribution in [0.4, 0.5) is 18.9 Å². The van der Waals surface area contributed by atoms with Crippen LogP contribution >= 0.6 is 0 Å². The zero-order valence-electron chi connectivity index (χ0n) is 14.1. The first-order valence-corrected chi connectivity index (χ1v) is 7.72. The Morgan fingerprint density at radius 3 is 2.33 bits per heavy atom. The Labute approximate surface area is 153 Å². The Balaban J connectivity index is 2.07. The highest BCUT2D eigenvalue weighted by atomic mass is 19.4. The Morgan fingerprint density at radius 2 is 1.78 bits per heavy atom. The predicted molar refractivity (Wildman–Crippen MR) is 91.2 cm³/mol. The van der Waals surface area contributed by atoms with Crippen LogP contribution in [0, 0.1) is 11.3 Å². The molecule has 2 aromatic carbocycles. The number of amides is 2. The van der Waals surface area contributed by atoms with E-state index in [1.807, 2.05) is 0 Å². The van der Waals surface area contributed by atoms with E-state index in [4.69, 9.17) is 5.26 Å². The van der Waals surface area contributed by atoms with Gasteiger partial charge in [-0.2, -0.15) is 18.4 Å². The van der Waals surface area contributed by atoms with E-state index < -0.39 is 17.6 Å². The molecule has 0 saturated heterocycles. The highest BCUT2D eigenvalue weighted by Gasteiger charge is 2.34. The Kier molecular flexibility index (Phi) is 6.03. The summed E-state index contributed by atoms with van der Waals surface area (Å²) < 4.78 is 39.3. The number of nitrogens with zero attached hydrogens (tertiary/aromatic N) is 1. The van der Waals surface area contributed by atoms with Crippen molar-refractivity contribution >= 4 is 17.5 Å². The van der Waals surface area contributed by atoms with E-state index in [1.165, 1.54) is 25.1 Å². The number of carbonyl (C=O) groups excluding carboxylic acids is 2. The Morgan fingerprint density at radius 1 is 1.11 bits per heavy atom. The van der Waals surface area contributed by atoms with Crippen molar-refractivity contribution in [3.05, 3.63) is 64.7 Å². The van der Waals surface area contributed by atoms with E-state index in [1.54, 1.807) is 18.2 Å². The average molecular weight is 376 g/mol. The molecular formula is C18H15F3N4O2. The zero-order chi connectivity index (χ0) is 20.0. The predicted octanol–water partition coefficient (Wildman–Crippen LogP) is 2.97. The highest BCUT2D eigenvalue weighted by Crippen LogP contribution is 2.35. The molecule has 0 aliphatic heterocycles. The maximum absolute atomic E-state index is 13.1. The summed E-state index contributed by atoms with van der Waals surface area (Å²) in [7, 11) is 0. The number of hydrazine groups is 1. The summed E-state index contributed by atoms with van der Waals surface area (Å²) in [6, 6.07) is 10.8. The molecular weight excluding hydrogens is 361 g/mol. The summed E-state index contributed by atoms with van der Waals surface area (Å²) in [6.07, 6.45) is -4.69. The van der Waals surface area contributed by atoms with E-state index in [2.05, 4.69) is 16.2 Å². The normalized spacial score (nSPS) is 10.6. The molecule has 6 nitrogen and oxygen atoms in total. The number of benzene rings is 2. The molecule has 0 fully saturated rings. The minimum Gasteiger partial charge on any atom is -0.352 e. The number of nitriles is 1. The quantitative estimate of drug-likeness (QED) is 0.700. The van der Waals surface area contributed by atoms with Crippen LogP contribution in [-0.4, -0.2) is 11.8 Å². The number of halogens is 3. The zero-order valence-corrected chi connectivity index (χ0v) is 14.1. The van der Waals surface area contributed by atoms with E-state index in [0.717, 1.165) is 11.6 Å².